The smallest absolute Gasteiger partial charge is 0.133 e. The number of fused-ring (bicyclic) bond motifs is 1. The van der Waals surface area contributed by atoms with E-state index in [-0.39, 0.29) is 0 Å². The molecule has 1 aromatic heterocycles. The lowest BCUT2D eigenvalue weighted by atomic mass is 9.97. The second-order valence-corrected chi connectivity index (χ2v) is 7.49. The van der Waals surface area contributed by atoms with Crippen molar-refractivity contribution in [3.8, 4) is 5.69 Å². The van der Waals surface area contributed by atoms with Crippen molar-refractivity contribution in [3.05, 3.63) is 39.5 Å². The van der Waals surface area contributed by atoms with Crippen LogP contribution in [0.4, 0.5) is 5.82 Å². The van der Waals surface area contributed by atoms with Crippen LogP contribution < -0.4 is 5.32 Å². The van der Waals surface area contributed by atoms with Gasteiger partial charge in [0.25, 0.3) is 0 Å². The van der Waals surface area contributed by atoms with Crippen molar-refractivity contribution in [2.24, 2.45) is 0 Å². The maximum atomic E-state index is 6.20. The first-order valence-corrected chi connectivity index (χ1v) is 9.30. The third-order valence-corrected chi connectivity index (χ3v) is 5.43. The van der Waals surface area contributed by atoms with E-state index in [1.54, 1.807) is 6.07 Å². The van der Waals surface area contributed by atoms with E-state index in [9.17, 15) is 0 Å². The van der Waals surface area contributed by atoms with E-state index < -0.39 is 0 Å². The Morgan fingerprint density at radius 2 is 1.74 bits per heavy atom. The average Bonchev–Trinajstić information content (AvgIpc) is 3.08. The van der Waals surface area contributed by atoms with Crippen molar-refractivity contribution in [1.82, 2.24) is 9.78 Å². The highest BCUT2D eigenvalue weighted by molar-refractivity contribution is 6.34. The van der Waals surface area contributed by atoms with Gasteiger partial charge in [-0.1, -0.05) is 36.0 Å². The molecule has 1 aromatic carbocycles. The van der Waals surface area contributed by atoms with Crippen LogP contribution in [0.1, 0.15) is 55.7 Å². The van der Waals surface area contributed by atoms with Crippen LogP contribution in [0.5, 0.6) is 0 Å². The highest BCUT2D eigenvalue weighted by Gasteiger charge is 2.28. The van der Waals surface area contributed by atoms with E-state index in [0.717, 1.165) is 24.5 Å². The van der Waals surface area contributed by atoms with Gasteiger partial charge in [0.05, 0.1) is 11.4 Å². The van der Waals surface area contributed by atoms with Crippen LogP contribution in [-0.2, 0) is 6.42 Å². The summed E-state index contributed by atoms with van der Waals surface area (Å²) >= 11 is 12.4. The molecule has 1 fully saturated rings. The van der Waals surface area contributed by atoms with Gasteiger partial charge in [0.15, 0.2) is 0 Å². The topological polar surface area (TPSA) is 29.9 Å². The maximum absolute atomic E-state index is 6.20. The molecular formula is C18H21Cl2N3. The van der Waals surface area contributed by atoms with Crippen molar-refractivity contribution < 1.29 is 0 Å². The van der Waals surface area contributed by atoms with Gasteiger partial charge in [-0.25, -0.2) is 4.68 Å². The molecule has 4 rings (SSSR count). The van der Waals surface area contributed by atoms with Gasteiger partial charge in [-0.05, 0) is 50.3 Å². The Morgan fingerprint density at radius 3 is 2.48 bits per heavy atom. The predicted molar refractivity (Wildman–Crippen MR) is 96.2 cm³/mol. The minimum Gasteiger partial charge on any atom is -0.370 e. The zero-order valence-electron chi connectivity index (χ0n) is 13.1. The molecule has 0 unspecified atom stereocenters. The summed E-state index contributed by atoms with van der Waals surface area (Å²) in [5, 5.41) is 9.89. The SMILES string of the molecule is Clc1cc(Cl)cc(-n2nc(C3CCCC3)c3c2NCCCC3)c1. The first-order valence-electron chi connectivity index (χ1n) is 8.54. The number of hydrogen-bond donors (Lipinski definition) is 1. The van der Waals surface area contributed by atoms with E-state index in [2.05, 4.69) is 5.32 Å². The Kier molecular flexibility index (Phi) is 4.25. The van der Waals surface area contributed by atoms with Crippen molar-refractivity contribution in [3.63, 3.8) is 0 Å². The van der Waals surface area contributed by atoms with E-state index in [1.165, 1.54) is 49.8 Å². The molecule has 0 radical (unpaired) electrons. The lowest BCUT2D eigenvalue weighted by Gasteiger charge is -2.10. The summed E-state index contributed by atoms with van der Waals surface area (Å²) in [6.45, 7) is 0.997. The van der Waals surface area contributed by atoms with Crippen LogP contribution in [-0.4, -0.2) is 16.3 Å². The highest BCUT2D eigenvalue weighted by Crippen LogP contribution is 2.39. The quantitative estimate of drug-likeness (QED) is 0.766. The van der Waals surface area contributed by atoms with Crippen molar-refractivity contribution >= 4 is 29.0 Å². The fraction of sp³-hybridized carbons (Fsp3) is 0.500. The highest BCUT2D eigenvalue weighted by atomic mass is 35.5. The molecule has 2 aromatic rings. The molecule has 1 aliphatic carbocycles. The second kappa shape index (κ2) is 6.37. The first kappa shape index (κ1) is 15.3. The van der Waals surface area contributed by atoms with Gasteiger partial charge in [-0.15, -0.1) is 0 Å². The van der Waals surface area contributed by atoms with E-state index in [0.29, 0.717) is 16.0 Å². The van der Waals surface area contributed by atoms with Crippen molar-refractivity contribution in [2.75, 3.05) is 11.9 Å². The lowest BCUT2D eigenvalue weighted by Crippen LogP contribution is -2.07. The normalized spacial score (nSPS) is 18.5. The maximum Gasteiger partial charge on any atom is 0.133 e. The lowest BCUT2D eigenvalue weighted by molar-refractivity contribution is 0.664. The minimum atomic E-state index is 0.611. The summed E-state index contributed by atoms with van der Waals surface area (Å²) in [6.07, 6.45) is 8.71. The molecule has 3 nitrogen and oxygen atoms in total. The van der Waals surface area contributed by atoms with Crippen molar-refractivity contribution in [2.45, 2.75) is 50.9 Å². The predicted octanol–water partition coefficient (Wildman–Crippen LogP) is 5.58. The van der Waals surface area contributed by atoms with Crippen LogP contribution in [0.2, 0.25) is 10.0 Å². The van der Waals surface area contributed by atoms with Crippen LogP contribution in [0.3, 0.4) is 0 Å². The molecule has 122 valence electrons. The molecule has 1 N–H and O–H groups in total. The molecule has 23 heavy (non-hydrogen) atoms. The molecule has 0 bridgehead atoms. The van der Waals surface area contributed by atoms with Crippen LogP contribution in [0, 0.1) is 0 Å². The van der Waals surface area contributed by atoms with Gasteiger partial charge < -0.3 is 5.32 Å². The average molecular weight is 350 g/mol. The Bertz CT molecular complexity index is 697. The van der Waals surface area contributed by atoms with Crippen LogP contribution in [0.25, 0.3) is 5.69 Å². The van der Waals surface area contributed by atoms with Gasteiger partial charge >= 0.3 is 0 Å². The van der Waals surface area contributed by atoms with E-state index >= 15 is 0 Å². The molecule has 0 amide bonds. The monoisotopic (exact) mass is 349 g/mol. The molecule has 0 saturated heterocycles. The number of nitrogens with one attached hydrogen (secondary N) is 1. The fourth-order valence-corrected chi connectivity index (χ4v) is 4.42. The standard InChI is InChI=1S/C18H21Cl2N3/c19-13-9-14(20)11-15(10-13)23-18-16(7-3-4-8-21-18)17(22-23)12-5-1-2-6-12/h9-12,21H,1-8H2. The Morgan fingerprint density at radius 1 is 1.00 bits per heavy atom. The number of rotatable bonds is 2. The third kappa shape index (κ3) is 2.97. The molecule has 1 aliphatic heterocycles. The molecule has 2 heterocycles. The zero-order chi connectivity index (χ0) is 15.8. The first-order chi connectivity index (χ1) is 11.2. The Balaban J connectivity index is 1.85. The molecule has 2 aliphatic rings. The number of nitrogens with zero attached hydrogens (tertiary/aromatic N) is 2. The summed E-state index contributed by atoms with van der Waals surface area (Å²) in [4.78, 5) is 0. The van der Waals surface area contributed by atoms with Gasteiger partial charge in [0.2, 0.25) is 0 Å². The number of anilines is 1. The minimum absolute atomic E-state index is 0.611. The van der Waals surface area contributed by atoms with E-state index in [1.807, 2.05) is 16.8 Å². The molecule has 0 atom stereocenters. The Labute approximate surface area is 147 Å². The molecule has 1 saturated carbocycles. The zero-order valence-corrected chi connectivity index (χ0v) is 14.6. The van der Waals surface area contributed by atoms with Gasteiger partial charge in [0.1, 0.15) is 5.82 Å². The Hall–Kier alpha value is -1.19. The van der Waals surface area contributed by atoms with Gasteiger partial charge in [0, 0.05) is 28.1 Å². The molecule has 0 spiro atoms. The van der Waals surface area contributed by atoms with E-state index in [4.69, 9.17) is 28.3 Å². The van der Waals surface area contributed by atoms with Crippen LogP contribution in [0.15, 0.2) is 18.2 Å². The molecule has 5 heteroatoms. The number of halogens is 2. The second-order valence-electron chi connectivity index (χ2n) is 6.62. The number of benzene rings is 1. The van der Waals surface area contributed by atoms with Crippen LogP contribution >= 0.6 is 23.2 Å². The number of aromatic nitrogens is 2. The van der Waals surface area contributed by atoms with Gasteiger partial charge in [-0.3, -0.25) is 0 Å². The fourth-order valence-electron chi connectivity index (χ4n) is 3.90. The number of hydrogen-bond acceptors (Lipinski definition) is 2. The summed E-state index contributed by atoms with van der Waals surface area (Å²) in [6, 6.07) is 5.64. The summed E-state index contributed by atoms with van der Waals surface area (Å²) < 4.78 is 2.02. The largest absolute Gasteiger partial charge is 0.370 e. The van der Waals surface area contributed by atoms with Crippen molar-refractivity contribution in [1.29, 1.82) is 0 Å². The summed E-state index contributed by atoms with van der Waals surface area (Å²) in [7, 11) is 0. The molecular weight excluding hydrogens is 329 g/mol. The van der Waals surface area contributed by atoms with Gasteiger partial charge in [-0.2, -0.15) is 5.10 Å². The third-order valence-electron chi connectivity index (χ3n) is 4.99. The summed E-state index contributed by atoms with van der Waals surface area (Å²) in [5.74, 6) is 1.75. The summed E-state index contributed by atoms with van der Waals surface area (Å²) in [5.41, 5.74) is 3.64.